The Bertz CT molecular complexity index is 1170. The highest BCUT2D eigenvalue weighted by Gasteiger charge is 2.16. The molecule has 0 spiro atoms. The number of Topliss-reactive ketones (excluding diaryl/α,β-unsaturated/α-hetero) is 1. The van der Waals surface area contributed by atoms with Gasteiger partial charge in [-0.1, -0.05) is 45.0 Å². The van der Waals surface area contributed by atoms with Gasteiger partial charge in [-0.3, -0.25) is 14.4 Å². The monoisotopic (exact) mass is 423 g/mol. The number of ketones is 1. The fourth-order valence-corrected chi connectivity index (χ4v) is 3.04. The first-order chi connectivity index (χ1) is 14.6. The first-order valence-electron chi connectivity index (χ1n) is 9.93. The summed E-state index contributed by atoms with van der Waals surface area (Å²) in [5.74, 6) is -1.30. The summed E-state index contributed by atoms with van der Waals surface area (Å²) in [7, 11) is 0. The molecule has 31 heavy (non-hydrogen) atoms. The summed E-state index contributed by atoms with van der Waals surface area (Å²) in [6.45, 7) is 5.81. The van der Waals surface area contributed by atoms with Gasteiger partial charge in [0.05, 0.1) is 17.5 Å². The lowest BCUT2D eigenvalue weighted by molar-refractivity contribution is -0.147. The molecule has 8 nitrogen and oxygen atoms in total. The van der Waals surface area contributed by atoms with Crippen molar-refractivity contribution in [1.29, 1.82) is 0 Å². The second-order valence-corrected chi connectivity index (χ2v) is 8.30. The first kappa shape index (κ1) is 22.0. The fourth-order valence-electron chi connectivity index (χ4n) is 3.04. The van der Waals surface area contributed by atoms with Gasteiger partial charge in [-0.2, -0.15) is 0 Å². The van der Waals surface area contributed by atoms with Crippen LogP contribution in [0.15, 0.2) is 47.3 Å². The second-order valence-electron chi connectivity index (χ2n) is 8.30. The van der Waals surface area contributed by atoms with Gasteiger partial charge in [0.25, 0.3) is 5.91 Å². The molecular formula is C23H25N3O5. The molecule has 0 bridgehead atoms. The normalized spacial score (nSPS) is 11.3. The summed E-state index contributed by atoms with van der Waals surface area (Å²) >= 11 is 0. The highest BCUT2D eigenvalue weighted by molar-refractivity contribution is 5.98. The van der Waals surface area contributed by atoms with Gasteiger partial charge in [-0.15, -0.1) is 0 Å². The van der Waals surface area contributed by atoms with Crippen molar-refractivity contribution in [3.8, 4) is 0 Å². The lowest BCUT2D eigenvalue weighted by Gasteiger charge is -2.18. The number of esters is 1. The molecule has 0 fully saturated rings. The predicted molar refractivity (Wildman–Crippen MR) is 117 cm³/mol. The van der Waals surface area contributed by atoms with Gasteiger partial charge in [0, 0.05) is 17.7 Å². The molecule has 8 heteroatoms. The molecule has 0 radical (unpaired) electrons. The Morgan fingerprint density at radius 2 is 1.61 bits per heavy atom. The van der Waals surface area contributed by atoms with Crippen LogP contribution in [0.5, 0.6) is 0 Å². The van der Waals surface area contributed by atoms with Crippen LogP contribution in [0.4, 0.5) is 5.69 Å². The molecule has 2 aromatic carbocycles. The van der Waals surface area contributed by atoms with Gasteiger partial charge in [0.15, 0.2) is 12.4 Å². The maximum Gasteiger partial charge on any atom is 0.323 e. The molecule has 0 aliphatic carbocycles. The van der Waals surface area contributed by atoms with Crippen LogP contribution < -0.4 is 11.0 Å². The molecule has 0 atom stereocenters. The number of hydrogen-bond acceptors (Lipinski definition) is 5. The smallest absolute Gasteiger partial charge is 0.323 e. The quantitative estimate of drug-likeness (QED) is 0.398. The maximum absolute atomic E-state index is 12.3. The van der Waals surface area contributed by atoms with Crippen LogP contribution in [-0.4, -0.2) is 34.2 Å². The Labute approximate surface area is 179 Å². The maximum atomic E-state index is 12.3. The van der Waals surface area contributed by atoms with Gasteiger partial charge in [-0.25, -0.2) is 4.79 Å². The number of carbonyl (C=O) groups excluding carboxylic acids is 3. The minimum atomic E-state index is -0.625. The average Bonchev–Trinajstić information content (AvgIpc) is 3.09. The first-order valence-corrected chi connectivity index (χ1v) is 9.93. The van der Waals surface area contributed by atoms with Crippen LogP contribution >= 0.6 is 0 Å². The van der Waals surface area contributed by atoms with Crippen molar-refractivity contribution in [2.45, 2.75) is 39.0 Å². The number of aromatic nitrogens is 2. The number of amides is 1. The second kappa shape index (κ2) is 8.99. The zero-order valence-electron chi connectivity index (χ0n) is 17.7. The third kappa shape index (κ3) is 5.91. The Hall–Kier alpha value is -3.68. The number of nitrogens with one attached hydrogen (secondary N) is 3. The van der Waals surface area contributed by atoms with Crippen molar-refractivity contribution in [2.24, 2.45) is 0 Å². The lowest BCUT2D eigenvalue weighted by Crippen LogP contribution is -2.21. The zero-order valence-corrected chi connectivity index (χ0v) is 17.7. The number of aromatic amines is 2. The highest BCUT2D eigenvalue weighted by Crippen LogP contribution is 2.22. The number of imidazole rings is 1. The standard InChI is InChI=1S/C23H25N3O5/c1-23(2,3)15-6-4-14(5-7-15)19(27)10-11-21(29)31-13-20(28)24-16-8-9-17-18(12-16)26-22(30)25-17/h4-9,12H,10-11,13H2,1-3H3,(H,24,28)(H2,25,26,30). The lowest BCUT2D eigenvalue weighted by atomic mass is 9.86. The predicted octanol–water partition coefficient (Wildman–Crippen LogP) is 3.30. The van der Waals surface area contributed by atoms with E-state index in [1.807, 2.05) is 12.1 Å². The summed E-state index contributed by atoms with van der Waals surface area (Å²) in [5.41, 5.74) is 2.94. The molecule has 1 aromatic heterocycles. The van der Waals surface area contributed by atoms with Crippen LogP contribution in [0.1, 0.15) is 49.5 Å². The summed E-state index contributed by atoms with van der Waals surface area (Å²) in [6.07, 6.45) is -0.101. The van der Waals surface area contributed by atoms with E-state index in [9.17, 15) is 19.2 Å². The van der Waals surface area contributed by atoms with E-state index in [0.717, 1.165) is 5.56 Å². The van der Waals surface area contributed by atoms with Gasteiger partial charge < -0.3 is 20.0 Å². The van der Waals surface area contributed by atoms with E-state index in [0.29, 0.717) is 22.3 Å². The van der Waals surface area contributed by atoms with Crippen LogP contribution in [0.3, 0.4) is 0 Å². The van der Waals surface area contributed by atoms with E-state index in [1.54, 1.807) is 30.3 Å². The number of ether oxygens (including phenoxy) is 1. The number of anilines is 1. The van der Waals surface area contributed by atoms with Crippen molar-refractivity contribution in [2.75, 3.05) is 11.9 Å². The number of hydrogen-bond donors (Lipinski definition) is 3. The Morgan fingerprint density at radius 3 is 2.29 bits per heavy atom. The molecule has 1 amide bonds. The molecule has 3 rings (SSSR count). The van der Waals surface area contributed by atoms with Crippen LogP contribution in [0.2, 0.25) is 0 Å². The molecule has 0 unspecified atom stereocenters. The summed E-state index contributed by atoms with van der Waals surface area (Å²) in [4.78, 5) is 52.7. The van der Waals surface area contributed by atoms with Gasteiger partial charge in [-0.05, 0) is 29.2 Å². The van der Waals surface area contributed by atoms with Crippen LogP contribution in [0.25, 0.3) is 11.0 Å². The minimum absolute atomic E-state index is 0.00339. The average molecular weight is 423 g/mol. The van der Waals surface area contributed by atoms with Crippen molar-refractivity contribution in [3.63, 3.8) is 0 Å². The molecular weight excluding hydrogens is 398 g/mol. The van der Waals surface area contributed by atoms with Crippen molar-refractivity contribution in [3.05, 3.63) is 64.1 Å². The molecule has 0 saturated heterocycles. The Kier molecular flexibility index (Phi) is 6.39. The van der Waals surface area contributed by atoms with E-state index in [1.165, 1.54) is 0 Å². The summed E-state index contributed by atoms with van der Waals surface area (Å²) in [6, 6.07) is 12.2. The number of fused-ring (bicyclic) bond motifs is 1. The van der Waals surface area contributed by atoms with Crippen LogP contribution in [-0.2, 0) is 19.7 Å². The number of H-pyrrole nitrogens is 2. The van der Waals surface area contributed by atoms with Crippen molar-refractivity contribution >= 4 is 34.4 Å². The number of benzene rings is 2. The third-order valence-corrected chi connectivity index (χ3v) is 4.79. The molecule has 162 valence electrons. The van der Waals surface area contributed by atoms with Gasteiger partial charge >= 0.3 is 11.7 Å². The molecule has 1 heterocycles. The molecule has 0 saturated carbocycles. The summed E-state index contributed by atoms with van der Waals surface area (Å²) < 4.78 is 4.95. The number of carbonyl (C=O) groups is 3. The Balaban J connectivity index is 1.44. The summed E-state index contributed by atoms with van der Waals surface area (Å²) in [5, 5.41) is 2.59. The molecule has 3 aromatic rings. The van der Waals surface area contributed by atoms with Crippen molar-refractivity contribution in [1.82, 2.24) is 9.97 Å². The van der Waals surface area contributed by atoms with Crippen molar-refractivity contribution < 1.29 is 19.1 Å². The minimum Gasteiger partial charge on any atom is -0.456 e. The Morgan fingerprint density at radius 1 is 0.935 bits per heavy atom. The van der Waals surface area contributed by atoms with Gasteiger partial charge in [0.2, 0.25) is 0 Å². The van der Waals surface area contributed by atoms with E-state index >= 15 is 0 Å². The van der Waals surface area contributed by atoms with Gasteiger partial charge in [0.1, 0.15) is 0 Å². The third-order valence-electron chi connectivity index (χ3n) is 4.79. The molecule has 0 aliphatic rings. The van der Waals surface area contributed by atoms with Crippen LogP contribution in [0, 0.1) is 0 Å². The largest absolute Gasteiger partial charge is 0.456 e. The van der Waals surface area contributed by atoms with E-state index in [4.69, 9.17) is 4.74 Å². The molecule has 0 aliphatic heterocycles. The molecule has 3 N–H and O–H groups in total. The SMILES string of the molecule is CC(C)(C)c1ccc(C(=O)CCC(=O)OCC(=O)Nc2ccc3[nH]c(=O)[nH]c3c2)cc1. The topological polar surface area (TPSA) is 121 Å². The zero-order chi connectivity index (χ0) is 22.6. The van der Waals surface area contributed by atoms with E-state index in [-0.39, 0.29) is 29.7 Å². The highest BCUT2D eigenvalue weighted by atomic mass is 16.5. The number of rotatable bonds is 7. The van der Waals surface area contributed by atoms with E-state index < -0.39 is 18.5 Å². The fraction of sp³-hybridized carbons (Fsp3) is 0.304. The van der Waals surface area contributed by atoms with E-state index in [2.05, 4.69) is 36.1 Å².